The van der Waals surface area contributed by atoms with E-state index in [0.29, 0.717) is 0 Å². The minimum Gasteiger partial charge on any atom is -0.388 e. The van der Waals surface area contributed by atoms with Gasteiger partial charge in [0.1, 0.15) is 12.4 Å². The van der Waals surface area contributed by atoms with Crippen molar-refractivity contribution in [3.63, 3.8) is 0 Å². The average Bonchev–Trinajstić information content (AvgIpc) is 2.37. The van der Waals surface area contributed by atoms with Gasteiger partial charge in [-0.1, -0.05) is 6.42 Å². The lowest BCUT2D eigenvalue weighted by atomic mass is 10.2. The third-order valence-corrected chi connectivity index (χ3v) is 2.86. The lowest BCUT2D eigenvalue weighted by molar-refractivity contribution is 0.266. The fraction of sp³-hybridized carbons (Fsp3) is 0.700. The number of nitrogens with zero attached hydrogens (tertiary/aromatic N) is 2. The van der Waals surface area contributed by atoms with Crippen LogP contribution in [0.3, 0.4) is 0 Å². The zero-order valence-electron chi connectivity index (χ0n) is 8.08. The molecule has 1 N–H and O–H groups in total. The van der Waals surface area contributed by atoms with Crippen molar-refractivity contribution >= 4 is 0 Å². The number of fused-ring (bicyclic) bond motifs is 1. The molecule has 0 saturated heterocycles. The van der Waals surface area contributed by atoms with Crippen molar-refractivity contribution in [2.75, 3.05) is 0 Å². The van der Waals surface area contributed by atoms with Gasteiger partial charge in [-0.15, -0.1) is 0 Å². The number of hydrogen-bond donors (Lipinski definition) is 1. The Morgan fingerprint density at radius 1 is 1.31 bits per heavy atom. The van der Waals surface area contributed by atoms with E-state index in [1.165, 1.54) is 30.7 Å². The molecule has 72 valence electrons. The van der Waals surface area contributed by atoms with Gasteiger partial charge in [0.15, 0.2) is 0 Å². The summed E-state index contributed by atoms with van der Waals surface area (Å²) in [6.07, 6.45) is 6.03. The van der Waals surface area contributed by atoms with Gasteiger partial charge in [-0.3, -0.25) is 0 Å². The molecule has 0 fully saturated rings. The van der Waals surface area contributed by atoms with E-state index < -0.39 is 0 Å². The lowest BCUT2D eigenvalue weighted by Crippen LogP contribution is -2.01. The molecule has 3 nitrogen and oxygen atoms in total. The molecule has 0 saturated carbocycles. The summed E-state index contributed by atoms with van der Waals surface area (Å²) < 4.78 is 2.06. The van der Waals surface area contributed by atoms with E-state index in [-0.39, 0.29) is 6.61 Å². The summed E-state index contributed by atoms with van der Waals surface area (Å²) >= 11 is 0. The molecule has 0 amide bonds. The second-order valence-electron chi connectivity index (χ2n) is 3.70. The fourth-order valence-corrected chi connectivity index (χ4v) is 2.06. The Balaban J connectivity index is 2.38. The van der Waals surface area contributed by atoms with Crippen LogP contribution < -0.4 is 0 Å². The molecule has 1 aliphatic carbocycles. The van der Waals surface area contributed by atoms with Crippen molar-refractivity contribution in [1.29, 1.82) is 0 Å². The van der Waals surface area contributed by atoms with Crippen LogP contribution in [0.25, 0.3) is 0 Å². The Labute approximate surface area is 78.4 Å². The first-order valence-corrected chi connectivity index (χ1v) is 4.97. The van der Waals surface area contributed by atoms with Gasteiger partial charge in [0, 0.05) is 12.7 Å². The highest BCUT2D eigenvalue weighted by molar-refractivity contribution is 5.18. The van der Waals surface area contributed by atoms with E-state index >= 15 is 0 Å². The molecule has 0 unspecified atom stereocenters. The number of hydrogen-bond acceptors (Lipinski definition) is 2. The topological polar surface area (TPSA) is 38.0 Å². The van der Waals surface area contributed by atoms with E-state index in [0.717, 1.165) is 18.7 Å². The molecular formula is C10H16N2O. The molecule has 1 heterocycles. The SMILES string of the molecule is Cn1c(CO)nc2c1CCCCC2. The molecule has 0 aromatic carbocycles. The zero-order chi connectivity index (χ0) is 9.26. The van der Waals surface area contributed by atoms with Gasteiger partial charge in [-0.05, 0) is 25.7 Å². The smallest absolute Gasteiger partial charge is 0.134 e. The van der Waals surface area contributed by atoms with Crippen LogP contribution >= 0.6 is 0 Å². The highest BCUT2D eigenvalue weighted by atomic mass is 16.3. The third kappa shape index (κ3) is 1.48. The summed E-state index contributed by atoms with van der Waals surface area (Å²) in [6, 6.07) is 0. The average molecular weight is 180 g/mol. The summed E-state index contributed by atoms with van der Waals surface area (Å²) in [6.45, 7) is 0.0590. The van der Waals surface area contributed by atoms with E-state index in [1.807, 2.05) is 7.05 Å². The molecule has 0 aliphatic heterocycles. The summed E-state index contributed by atoms with van der Waals surface area (Å²) in [5.41, 5.74) is 2.55. The Hall–Kier alpha value is -0.830. The molecule has 3 heteroatoms. The number of rotatable bonds is 1. The summed E-state index contributed by atoms with van der Waals surface area (Å²) in [5.74, 6) is 0.812. The first-order valence-electron chi connectivity index (χ1n) is 4.97. The zero-order valence-corrected chi connectivity index (χ0v) is 8.08. The number of aryl methyl sites for hydroxylation is 1. The van der Waals surface area contributed by atoms with Crippen LogP contribution in [0.4, 0.5) is 0 Å². The molecule has 1 aromatic heterocycles. The van der Waals surface area contributed by atoms with E-state index in [1.54, 1.807) is 0 Å². The van der Waals surface area contributed by atoms with Gasteiger partial charge < -0.3 is 9.67 Å². The van der Waals surface area contributed by atoms with Gasteiger partial charge in [0.25, 0.3) is 0 Å². The fourth-order valence-electron chi connectivity index (χ4n) is 2.06. The molecule has 0 spiro atoms. The molecule has 0 radical (unpaired) electrons. The van der Waals surface area contributed by atoms with Crippen LogP contribution in [-0.2, 0) is 26.5 Å². The maximum absolute atomic E-state index is 9.05. The second-order valence-corrected chi connectivity index (χ2v) is 3.70. The molecule has 0 bridgehead atoms. The van der Waals surface area contributed by atoms with E-state index in [2.05, 4.69) is 9.55 Å². The van der Waals surface area contributed by atoms with Gasteiger partial charge >= 0.3 is 0 Å². The van der Waals surface area contributed by atoms with Crippen molar-refractivity contribution in [1.82, 2.24) is 9.55 Å². The van der Waals surface area contributed by atoms with Gasteiger partial charge in [-0.25, -0.2) is 4.98 Å². The number of aliphatic hydroxyl groups is 1. The van der Waals surface area contributed by atoms with Crippen molar-refractivity contribution in [2.24, 2.45) is 7.05 Å². The minimum absolute atomic E-state index is 0.0590. The van der Waals surface area contributed by atoms with Crippen LogP contribution in [0, 0.1) is 0 Å². The molecule has 13 heavy (non-hydrogen) atoms. The molecular weight excluding hydrogens is 164 g/mol. The van der Waals surface area contributed by atoms with Crippen molar-refractivity contribution in [3.8, 4) is 0 Å². The highest BCUT2D eigenvalue weighted by Gasteiger charge is 2.15. The number of aromatic nitrogens is 2. The van der Waals surface area contributed by atoms with Gasteiger partial charge in [0.2, 0.25) is 0 Å². The van der Waals surface area contributed by atoms with Crippen molar-refractivity contribution < 1.29 is 5.11 Å². The molecule has 1 aliphatic rings. The Kier molecular flexibility index (Phi) is 2.36. The second kappa shape index (κ2) is 3.50. The quantitative estimate of drug-likeness (QED) is 0.659. The van der Waals surface area contributed by atoms with E-state index in [4.69, 9.17) is 5.11 Å². The summed E-state index contributed by atoms with van der Waals surface area (Å²) in [4.78, 5) is 4.44. The molecule has 2 rings (SSSR count). The van der Waals surface area contributed by atoms with Gasteiger partial charge in [-0.2, -0.15) is 0 Å². The number of imidazole rings is 1. The van der Waals surface area contributed by atoms with Crippen LogP contribution in [-0.4, -0.2) is 14.7 Å². The number of aliphatic hydroxyl groups excluding tert-OH is 1. The summed E-state index contributed by atoms with van der Waals surface area (Å²) in [7, 11) is 2.00. The Morgan fingerprint density at radius 3 is 2.85 bits per heavy atom. The molecule has 1 aromatic rings. The van der Waals surface area contributed by atoms with Crippen LogP contribution in [0.1, 0.15) is 36.5 Å². The highest BCUT2D eigenvalue weighted by Crippen LogP contribution is 2.20. The first-order chi connectivity index (χ1) is 6.33. The summed E-state index contributed by atoms with van der Waals surface area (Å²) in [5, 5.41) is 9.05. The monoisotopic (exact) mass is 180 g/mol. The minimum atomic E-state index is 0.0590. The third-order valence-electron chi connectivity index (χ3n) is 2.86. The van der Waals surface area contributed by atoms with Crippen LogP contribution in [0.5, 0.6) is 0 Å². The Morgan fingerprint density at radius 2 is 2.08 bits per heavy atom. The predicted molar refractivity (Wildman–Crippen MR) is 50.4 cm³/mol. The Bertz CT molecular complexity index is 304. The van der Waals surface area contributed by atoms with Crippen LogP contribution in [0.15, 0.2) is 0 Å². The van der Waals surface area contributed by atoms with E-state index in [9.17, 15) is 0 Å². The maximum atomic E-state index is 9.05. The first kappa shape index (κ1) is 8.75. The van der Waals surface area contributed by atoms with Crippen molar-refractivity contribution in [2.45, 2.75) is 38.7 Å². The normalized spacial score (nSPS) is 16.8. The van der Waals surface area contributed by atoms with Gasteiger partial charge in [0.05, 0.1) is 5.69 Å². The largest absolute Gasteiger partial charge is 0.388 e. The lowest BCUT2D eigenvalue weighted by Gasteiger charge is -2.02. The van der Waals surface area contributed by atoms with Crippen molar-refractivity contribution in [3.05, 3.63) is 17.2 Å². The predicted octanol–water partition coefficient (Wildman–Crippen LogP) is 1.18. The van der Waals surface area contributed by atoms with Crippen LogP contribution in [0.2, 0.25) is 0 Å². The molecule has 0 atom stereocenters. The standard InChI is InChI=1S/C10H16N2O/c1-12-9-6-4-2-3-5-8(9)11-10(12)7-13/h13H,2-7H2,1H3. The maximum Gasteiger partial charge on any atom is 0.134 e.